The first-order valence-corrected chi connectivity index (χ1v) is 14.7. The van der Waals surface area contributed by atoms with Gasteiger partial charge in [0.05, 0.1) is 11.5 Å². The van der Waals surface area contributed by atoms with Crippen LogP contribution in [0.4, 0.5) is 0 Å². The smallest absolute Gasteiger partial charge is 0.256 e. The summed E-state index contributed by atoms with van der Waals surface area (Å²) in [5, 5.41) is 3.94. The molecule has 2 aromatic rings. The molecule has 7 nitrogen and oxygen atoms in total. The summed E-state index contributed by atoms with van der Waals surface area (Å²) in [6, 6.07) is 12.8. The van der Waals surface area contributed by atoms with Crippen LogP contribution in [0, 0.1) is 11.3 Å². The van der Waals surface area contributed by atoms with Gasteiger partial charge in [-0.1, -0.05) is 31.0 Å². The van der Waals surface area contributed by atoms with Crippen LogP contribution in [-0.4, -0.2) is 71.0 Å². The number of likely N-dealkylation sites (tertiary alicyclic amines) is 2. The Labute approximate surface area is 223 Å². The van der Waals surface area contributed by atoms with E-state index >= 15 is 0 Å². The van der Waals surface area contributed by atoms with Crippen molar-refractivity contribution >= 4 is 29.5 Å². The number of carbonyl (C=O) groups excluding carboxylic acids is 3. The first kappa shape index (κ1) is 25.8. The number of nitrogens with zero attached hydrogens (tertiary/aromatic N) is 3. The van der Waals surface area contributed by atoms with Gasteiger partial charge in [0.15, 0.2) is 0 Å². The molecule has 0 radical (unpaired) electrons. The minimum atomic E-state index is -0.159. The number of amides is 3. The van der Waals surface area contributed by atoms with Crippen molar-refractivity contribution in [2.45, 2.75) is 56.0 Å². The fourth-order valence-corrected chi connectivity index (χ4v) is 6.82. The van der Waals surface area contributed by atoms with Gasteiger partial charge in [0, 0.05) is 44.0 Å². The van der Waals surface area contributed by atoms with Crippen LogP contribution in [0.2, 0.25) is 0 Å². The van der Waals surface area contributed by atoms with E-state index in [-0.39, 0.29) is 35.1 Å². The Hall–Kier alpha value is -2.87. The van der Waals surface area contributed by atoms with E-state index in [9.17, 15) is 14.4 Å². The van der Waals surface area contributed by atoms with Gasteiger partial charge < -0.3 is 15.1 Å². The van der Waals surface area contributed by atoms with Crippen LogP contribution in [0.5, 0.6) is 0 Å². The van der Waals surface area contributed by atoms with E-state index < -0.39 is 0 Å². The summed E-state index contributed by atoms with van der Waals surface area (Å²) in [4.78, 5) is 48.0. The number of thioether (sulfide) groups is 1. The number of nitrogens with one attached hydrogen (secondary N) is 1. The van der Waals surface area contributed by atoms with Crippen LogP contribution in [0.3, 0.4) is 0 Å². The van der Waals surface area contributed by atoms with E-state index in [4.69, 9.17) is 0 Å². The number of hydrogen-bond donors (Lipinski definition) is 1. The Morgan fingerprint density at radius 3 is 2.38 bits per heavy atom. The lowest BCUT2D eigenvalue weighted by molar-refractivity contribution is -0.136. The maximum atomic E-state index is 13.7. The number of carbonyl (C=O) groups is 3. The molecule has 1 N–H and O–H groups in total. The Bertz CT molecular complexity index is 1130. The molecule has 2 unspecified atom stereocenters. The second-order valence-corrected chi connectivity index (χ2v) is 11.5. The molecule has 3 heterocycles. The maximum absolute atomic E-state index is 13.7. The summed E-state index contributed by atoms with van der Waals surface area (Å²) in [6.07, 6.45) is 10.2. The van der Waals surface area contributed by atoms with Gasteiger partial charge in [0.25, 0.3) is 11.8 Å². The molecule has 1 saturated carbocycles. The van der Waals surface area contributed by atoms with Crippen LogP contribution in [0.25, 0.3) is 0 Å². The minimum Gasteiger partial charge on any atom is -0.349 e. The molecule has 37 heavy (non-hydrogen) atoms. The zero-order chi connectivity index (χ0) is 25.8. The van der Waals surface area contributed by atoms with Crippen molar-refractivity contribution in [1.29, 1.82) is 0 Å². The van der Waals surface area contributed by atoms with E-state index in [2.05, 4.69) is 10.3 Å². The van der Waals surface area contributed by atoms with Crippen molar-refractivity contribution in [2.75, 3.05) is 32.4 Å². The lowest BCUT2D eigenvalue weighted by Gasteiger charge is -2.40. The molecule has 3 amide bonds. The van der Waals surface area contributed by atoms with E-state index in [1.165, 1.54) is 11.8 Å². The number of benzene rings is 1. The number of hydrogen-bond acceptors (Lipinski definition) is 5. The molecular weight excluding hydrogens is 484 g/mol. The zero-order valence-corrected chi connectivity index (χ0v) is 22.3. The summed E-state index contributed by atoms with van der Waals surface area (Å²) < 4.78 is 0. The maximum Gasteiger partial charge on any atom is 0.256 e. The Morgan fingerprint density at radius 2 is 1.65 bits per heavy atom. The van der Waals surface area contributed by atoms with E-state index in [1.54, 1.807) is 6.20 Å². The van der Waals surface area contributed by atoms with Crippen LogP contribution in [0.1, 0.15) is 65.7 Å². The molecule has 1 aliphatic carbocycles. The molecule has 1 spiro atoms. The standard InChI is InChI=1S/C29H36N4O3S/c1-37-26-23(11-7-16-30-26)28(36)32-17-13-29(14-18-32)15-19-33(20-29)27(35)22-10-5-6-12-24(22)31-25(34)21-8-3-2-4-9-21/h2-4,7-9,11,16,22,24H,5-6,10,12-15,17-20H2,1H3,(H,31,34). The first-order valence-electron chi connectivity index (χ1n) is 13.4. The predicted octanol–water partition coefficient (Wildman–Crippen LogP) is 4.25. The highest BCUT2D eigenvalue weighted by Gasteiger charge is 2.45. The first-order chi connectivity index (χ1) is 18.0. The van der Waals surface area contributed by atoms with Gasteiger partial charge in [0.1, 0.15) is 5.03 Å². The van der Waals surface area contributed by atoms with Crippen molar-refractivity contribution in [1.82, 2.24) is 20.1 Å². The molecule has 3 fully saturated rings. The van der Waals surface area contributed by atoms with E-state index in [0.717, 1.165) is 63.1 Å². The number of pyridine rings is 1. The lowest BCUT2D eigenvalue weighted by atomic mass is 9.77. The molecular formula is C29H36N4O3S. The fourth-order valence-electron chi connectivity index (χ4n) is 6.28. The summed E-state index contributed by atoms with van der Waals surface area (Å²) in [5.74, 6) is -0.0156. The van der Waals surface area contributed by atoms with Crippen molar-refractivity contribution < 1.29 is 14.4 Å². The highest BCUT2D eigenvalue weighted by atomic mass is 32.2. The van der Waals surface area contributed by atoms with Gasteiger partial charge in [-0.3, -0.25) is 14.4 Å². The Balaban J connectivity index is 1.19. The fraction of sp³-hybridized carbons (Fsp3) is 0.517. The van der Waals surface area contributed by atoms with Crippen molar-refractivity contribution in [3.8, 4) is 0 Å². The van der Waals surface area contributed by atoms with Gasteiger partial charge in [0.2, 0.25) is 5.91 Å². The highest BCUT2D eigenvalue weighted by Crippen LogP contribution is 2.42. The largest absolute Gasteiger partial charge is 0.349 e. The van der Waals surface area contributed by atoms with E-state index in [0.29, 0.717) is 24.2 Å². The monoisotopic (exact) mass is 520 g/mol. The quantitative estimate of drug-likeness (QED) is 0.596. The van der Waals surface area contributed by atoms with Crippen molar-refractivity contribution in [3.63, 3.8) is 0 Å². The lowest BCUT2D eigenvalue weighted by Crippen LogP contribution is -2.50. The van der Waals surface area contributed by atoms with Crippen LogP contribution < -0.4 is 5.32 Å². The molecule has 3 aliphatic rings. The average molecular weight is 521 g/mol. The predicted molar refractivity (Wildman–Crippen MR) is 144 cm³/mol. The van der Waals surface area contributed by atoms with Gasteiger partial charge in [-0.2, -0.15) is 0 Å². The molecule has 2 aliphatic heterocycles. The molecule has 1 aromatic heterocycles. The SMILES string of the molecule is CSc1ncccc1C(=O)N1CCC2(CC1)CCN(C(=O)C1CCCCC1NC(=O)c1ccccc1)C2. The molecule has 196 valence electrons. The van der Waals surface area contributed by atoms with Gasteiger partial charge in [-0.15, -0.1) is 11.8 Å². The van der Waals surface area contributed by atoms with Gasteiger partial charge >= 0.3 is 0 Å². The zero-order valence-electron chi connectivity index (χ0n) is 21.5. The second-order valence-electron chi connectivity index (χ2n) is 10.7. The molecule has 2 atom stereocenters. The minimum absolute atomic E-state index is 0.0532. The second kappa shape index (κ2) is 11.3. The Morgan fingerprint density at radius 1 is 0.946 bits per heavy atom. The molecule has 1 aromatic carbocycles. The number of piperidine rings is 1. The average Bonchev–Trinajstić information content (AvgIpc) is 3.36. The summed E-state index contributed by atoms with van der Waals surface area (Å²) in [6.45, 7) is 2.94. The summed E-state index contributed by atoms with van der Waals surface area (Å²) in [7, 11) is 0. The summed E-state index contributed by atoms with van der Waals surface area (Å²) in [5.41, 5.74) is 1.40. The number of rotatable bonds is 5. The molecule has 8 heteroatoms. The van der Waals surface area contributed by atoms with E-state index in [1.807, 2.05) is 58.5 Å². The van der Waals surface area contributed by atoms with Crippen LogP contribution in [-0.2, 0) is 4.79 Å². The normalized spacial score (nSPS) is 23.2. The molecule has 2 saturated heterocycles. The molecule has 5 rings (SSSR count). The van der Waals surface area contributed by atoms with Crippen LogP contribution in [0.15, 0.2) is 53.7 Å². The summed E-state index contributed by atoms with van der Waals surface area (Å²) >= 11 is 1.50. The van der Waals surface area contributed by atoms with Gasteiger partial charge in [-0.25, -0.2) is 4.98 Å². The topological polar surface area (TPSA) is 82.6 Å². The van der Waals surface area contributed by atoms with Crippen molar-refractivity contribution in [3.05, 3.63) is 59.8 Å². The third-order valence-electron chi connectivity index (χ3n) is 8.49. The van der Waals surface area contributed by atoms with Crippen molar-refractivity contribution in [2.24, 2.45) is 11.3 Å². The van der Waals surface area contributed by atoms with Gasteiger partial charge in [-0.05, 0) is 68.0 Å². The van der Waals surface area contributed by atoms with Crippen LogP contribution >= 0.6 is 11.8 Å². The Kier molecular flexibility index (Phi) is 7.84. The molecule has 0 bridgehead atoms. The third kappa shape index (κ3) is 5.54. The highest BCUT2D eigenvalue weighted by molar-refractivity contribution is 7.98. The number of aromatic nitrogens is 1. The third-order valence-corrected chi connectivity index (χ3v) is 9.20.